The van der Waals surface area contributed by atoms with Crippen molar-refractivity contribution in [2.75, 3.05) is 5.32 Å². The van der Waals surface area contributed by atoms with E-state index >= 15 is 0 Å². The van der Waals surface area contributed by atoms with Crippen LogP contribution in [0, 0.1) is 5.41 Å². The first kappa shape index (κ1) is 28.2. The van der Waals surface area contributed by atoms with Crippen molar-refractivity contribution in [3.8, 4) is 22.6 Å². The van der Waals surface area contributed by atoms with Gasteiger partial charge in [0.15, 0.2) is 5.78 Å². The Morgan fingerprint density at radius 1 is 0.951 bits per heavy atom. The molecule has 208 valence electrons. The van der Waals surface area contributed by atoms with Gasteiger partial charge in [-0.3, -0.25) is 23.9 Å². The molecule has 0 saturated heterocycles. The van der Waals surface area contributed by atoms with E-state index in [0.717, 1.165) is 4.88 Å². The van der Waals surface area contributed by atoms with E-state index in [1.807, 2.05) is 45.0 Å². The van der Waals surface area contributed by atoms with Gasteiger partial charge < -0.3 is 5.32 Å². The number of pyridine rings is 2. The van der Waals surface area contributed by atoms with Crippen LogP contribution >= 0.6 is 22.9 Å². The van der Waals surface area contributed by atoms with E-state index in [1.54, 1.807) is 54.7 Å². The van der Waals surface area contributed by atoms with Crippen LogP contribution in [0.1, 0.15) is 40.8 Å². The van der Waals surface area contributed by atoms with Crippen LogP contribution in [0.15, 0.2) is 89.9 Å². The number of nitrogens with one attached hydrogen (secondary N) is 1. The lowest BCUT2D eigenvalue weighted by Gasteiger charge is -2.18. The van der Waals surface area contributed by atoms with Crippen LogP contribution in [-0.4, -0.2) is 31.0 Å². The second-order valence-electron chi connectivity index (χ2n) is 10.5. The molecule has 0 spiro atoms. The zero-order valence-electron chi connectivity index (χ0n) is 22.8. The third kappa shape index (κ3) is 6.21. The van der Waals surface area contributed by atoms with Crippen molar-refractivity contribution >= 4 is 40.4 Å². The summed E-state index contributed by atoms with van der Waals surface area (Å²) in [5.74, 6) is 0.0735. The monoisotopic (exact) mass is 585 g/mol. The predicted octanol–water partition coefficient (Wildman–Crippen LogP) is 6.67. The van der Waals surface area contributed by atoms with Gasteiger partial charge in [-0.25, -0.2) is 0 Å². The topological polar surface area (TPSA) is 98.9 Å². The first-order valence-electron chi connectivity index (χ1n) is 13.0. The molecule has 4 aromatic heterocycles. The van der Waals surface area contributed by atoms with Gasteiger partial charge >= 0.3 is 0 Å². The summed E-state index contributed by atoms with van der Waals surface area (Å²) in [4.78, 5) is 45.4. The first-order valence-corrected chi connectivity index (χ1v) is 14.2. The molecular weight excluding hydrogens is 558 g/mol. The van der Waals surface area contributed by atoms with E-state index in [0.29, 0.717) is 44.9 Å². The maximum atomic E-state index is 13.5. The molecule has 41 heavy (non-hydrogen) atoms. The SMILES string of the molecule is CC(C)(C)C(=O)n1nc(-c2ccc(=O)n(CC(=O)c3ccccc3)c2-c2ccccn2)cc1NCc1ccc(Cl)s1. The fraction of sp³-hybridized carbons (Fsp3) is 0.194. The lowest BCUT2D eigenvalue weighted by Crippen LogP contribution is -2.29. The van der Waals surface area contributed by atoms with Gasteiger partial charge in [0, 0.05) is 39.7 Å². The van der Waals surface area contributed by atoms with Crippen molar-refractivity contribution < 1.29 is 9.59 Å². The summed E-state index contributed by atoms with van der Waals surface area (Å²) < 4.78 is 3.45. The van der Waals surface area contributed by atoms with Gasteiger partial charge in [0.1, 0.15) is 5.82 Å². The number of hydrogen-bond acceptors (Lipinski definition) is 7. The maximum absolute atomic E-state index is 13.5. The van der Waals surface area contributed by atoms with Gasteiger partial charge in [0.05, 0.1) is 34.5 Å². The van der Waals surface area contributed by atoms with Crippen molar-refractivity contribution in [2.24, 2.45) is 5.41 Å². The minimum absolute atomic E-state index is 0.186. The molecule has 5 aromatic rings. The summed E-state index contributed by atoms with van der Waals surface area (Å²) in [6, 6.07) is 22.8. The molecule has 0 atom stereocenters. The van der Waals surface area contributed by atoms with Crippen LogP contribution in [-0.2, 0) is 13.1 Å². The average Bonchev–Trinajstić information content (AvgIpc) is 3.58. The number of halogens is 1. The fourth-order valence-electron chi connectivity index (χ4n) is 4.32. The van der Waals surface area contributed by atoms with Gasteiger partial charge in [0.25, 0.3) is 11.5 Å². The Bertz CT molecular complexity index is 1770. The summed E-state index contributed by atoms with van der Waals surface area (Å²) in [5, 5.41) is 8.03. The normalized spacial score (nSPS) is 11.4. The van der Waals surface area contributed by atoms with Crippen molar-refractivity contribution in [1.29, 1.82) is 0 Å². The number of carbonyl (C=O) groups is 2. The molecule has 0 aliphatic carbocycles. The van der Waals surface area contributed by atoms with Gasteiger partial charge in [-0.2, -0.15) is 9.78 Å². The van der Waals surface area contributed by atoms with Crippen LogP contribution in [0.3, 0.4) is 0 Å². The third-order valence-electron chi connectivity index (χ3n) is 6.38. The number of hydrogen-bond donors (Lipinski definition) is 1. The Labute approximate surface area is 246 Å². The number of Topliss-reactive ketones (excluding diaryl/α,β-unsaturated/α-hetero) is 1. The Morgan fingerprint density at radius 2 is 1.71 bits per heavy atom. The molecule has 0 aliphatic heterocycles. The van der Waals surface area contributed by atoms with Gasteiger partial charge in [-0.15, -0.1) is 11.3 Å². The Morgan fingerprint density at radius 3 is 2.37 bits per heavy atom. The molecule has 1 aromatic carbocycles. The zero-order valence-corrected chi connectivity index (χ0v) is 24.4. The Hall–Kier alpha value is -4.34. The van der Waals surface area contributed by atoms with Gasteiger partial charge in [-0.1, -0.05) is 68.8 Å². The molecule has 4 heterocycles. The zero-order chi connectivity index (χ0) is 29.1. The maximum Gasteiger partial charge on any atom is 0.254 e. The summed E-state index contributed by atoms with van der Waals surface area (Å²) in [5.41, 5.74) is 1.39. The molecule has 0 radical (unpaired) electrons. The first-order chi connectivity index (χ1) is 19.6. The van der Waals surface area contributed by atoms with Crippen LogP contribution in [0.25, 0.3) is 22.6 Å². The van der Waals surface area contributed by atoms with Crippen LogP contribution in [0.2, 0.25) is 4.34 Å². The average molecular weight is 586 g/mol. The lowest BCUT2D eigenvalue weighted by molar-refractivity contribution is 0.0752. The second-order valence-corrected chi connectivity index (χ2v) is 12.3. The molecular formula is C31H28ClN5O3S. The number of aromatic nitrogens is 4. The highest BCUT2D eigenvalue weighted by Gasteiger charge is 2.28. The molecule has 0 amide bonds. The molecule has 10 heteroatoms. The molecule has 0 fully saturated rings. The van der Waals surface area contributed by atoms with E-state index in [-0.39, 0.29) is 23.8 Å². The molecule has 5 rings (SSSR count). The number of ketones is 1. The Balaban J connectivity index is 1.64. The Kier molecular flexibility index (Phi) is 8.01. The molecule has 0 unspecified atom stereocenters. The van der Waals surface area contributed by atoms with Crippen molar-refractivity contribution in [1.82, 2.24) is 19.3 Å². The molecule has 0 bridgehead atoms. The smallest absolute Gasteiger partial charge is 0.254 e. The predicted molar refractivity (Wildman–Crippen MR) is 163 cm³/mol. The number of thiophene rings is 1. The number of rotatable bonds is 8. The highest BCUT2D eigenvalue weighted by Crippen LogP contribution is 2.33. The molecule has 1 N–H and O–H groups in total. The number of benzene rings is 1. The summed E-state index contributed by atoms with van der Waals surface area (Å²) in [6.07, 6.45) is 1.63. The second kappa shape index (κ2) is 11.6. The standard InChI is InChI=1S/C31H28ClN5O3S/c1-31(2,3)30(40)37-27(34-18-21-12-14-26(32)41-21)17-24(35-37)22-13-15-28(39)36(29(22)23-11-7-8-16-33-23)19-25(38)20-9-5-4-6-10-20/h4-17,34H,18-19H2,1-3H3. The number of carbonyl (C=O) groups excluding carboxylic acids is 2. The van der Waals surface area contributed by atoms with Crippen LogP contribution in [0.4, 0.5) is 5.82 Å². The number of nitrogens with zero attached hydrogens (tertiary/aromatic N) is 4. The molecule has 0 saturated carbocycles. The fourth-order valence-corrected chi connectivity index (χ4v) is 5.34. The van der Waals surface area contributed by atoms with Crippen LogP contribution < -0.4 is 10.9 Å². The third-order valence-corrected chi connectivity index (χ3v) is 7.61. The van der Waals surface area contributed by atoms with Gasteiger partial charge in [0.2, 0.25) is 0 Å². The summed E-state index contributed by atoms with van der Waals surface area (Å²) >= 11 is 7.55. The summed E-state index contributed by atoms with van der Waals surface area (Å²) in [7, 11) is 0. The quantitative estimate of drug-likeness (QED) is 0.204. The van der Waals surface area contributed by atoms with E-state index < -0.39 is 5.41 Å². The lowest BCUT2D eigenvalue weighted by atomic mass is 9.96. The van der Waals surface area contributed by atoms with Crippen molar-refractivity contribution in [3.63, 3.8) is 0 Å². The minimum Gasteiger partial charge on any atom is -0.365 e. The number of anilines is 1. The van der Waals surface area contributed by atoms with E-state index in [4.69, 9.17) is 16.7 Å². The van der Waals surface area contributed by atoms with Crippen molar-refractivity contribution in [2.45, 2.75) is 33.9 Å². The largest absolute Gasteiger partial charge is 0.365 e. The van der Waals surface area contributed by atoms with E-state index in [2.05, 4.69) is 10.3 Å². The van der Waals surface area contributed by atoms with Crippen LogP contribution in [0.5, 0.6) is 0 Å². The van der Waals surface area contributed by atoms with Crippen molar-refractivity contribution in [3.05, 3.63) is 110 Å². The molecule has 0 aliphatic rings. The molecule has 8 nitrogen and oxygen atoms in total. The van der Waals surface area contributed by atoms with E-state index in [1.165, 1.54) is 26.7 Å². The highest BCUT2D eigenvalue weighted by atomic mass is 35.5. The minimum atomic E-state index is -0.712. The highest BCUT2D eigenvalue weighted by molar-refractivity contribution is 7.16. The van der Waals surface area contributed by atoms with E-state index in [9.17, 15) is 14.4 Å². The van der Waals surface area contributed by atoms with Gasteiger partial charge in [-0.05, 0) is 30.3 Å². The summed E-state index contributed by atoms with van der Waals surface area (Å²) in [6.45, 7) is 5.74.